The zero-order valence-electron chi connectivity index (χ0n) is 12.1. The molecular weight excluding hydrogens is 250 g/mol. The average Bonchev–Trinajstić information content (AvgIpc) is 2.83. The molecule has 1 aliphatic carbocycles. The van der Waals surface area contributed by atoms with Gasteiger partial charge < -0.3 is 10.4 Å². The van der Waals surface area contributed by atoms with Gasteiger partial charge in [0.15, 0.2) is 0 Å². The number of nitrogens with one attached hydrogen (secondary N) is 1. The van der Waals surface area contributed by atoms with Crippen LogP contribution in [-0.4, -0.2) is 23.7 Å². The van der Waals surface area contributed by atoms with E-state index in [-0.39, 0.29) is 12.5 Å². The minimum Gasteiger partial charge on any atom is -0.384 e. The van der Waals surface area contributed by atoms with Gasteiger partial charge >= 0.3 is 0 Å². The number of benzene rings is 1. The third-order valence-electron chi connectivity index (χ3n) is 3.97. The molecule has 3 nitrogen and oxygen atoms in total. The van der Waals surface area contributed by atoms with E-state index >= 15 is 0 Å². The monoisotopic (exact) mass is 271 g/mol. The molecule has 0 spiro atoms. The lowest BCUT2D eigenvalue weighted by Gasteiger charge is -2.17. The molecule has 2 unspecified atom stereocenters. The molecule has 2 rings (SSSR count). The number of hydrogen-bond acceptors (Lipinski definition) is 2. The highest BCUT2D eigenvalue weighted by Crippen LogP contribution is 2.25. The Balaban J connectivity index is 2.09. The SMILES string of the molecule is Cc1cc(C(=O)NC2CCCC2C)ccc1C#CCO. The Kier molecular flexibility index (Phi) is 4.81. The summed E-state index contributed by atoms with van der Waals surface area (Å²) in [6.45, 7) is 3.97. The Morgan fingerprint density at radius 1 is 1.45 bits per heavy atom. The van der Waals surface area contributed by atoms with Gasteiger partial charge in [-0.1, -0.05) is 25.2 Å². The quantitative estimate of drug-likeness (QED) is 0.811. The van der Waals surface area contributed by atoms with Crippen LogP contribution in [0.15, 0.2) is 18.2 Å². The first-order valence-corrected chi connectivity index (χ1v) is 7.13. The number of rotatable bonds is 2. The van der Waals surface area contributed by atoms with Crippen molar-refractivity contribution in [3.8, 4) is 11.8 Å². The van der Waals surface area contributed by atoms with Gasteiger partial charge in [0.25, 0.3) is 5.91 Å². The van der Waals surface area contributed by atoms with E-state index in [1.165, 1.54) is 12.8 Å². The van der Waals surface area contributed by atoms with E-state index in [1.54, 1.807) is 6.07 Å². The van der Waals surface area contributed by atoms with Gasteiger partial charge in [-0.25, -0.2) is 0 Å². The normalized spacial score (nSPS) is 21.1. The molecule has 1 amide bonds. The zero-order chi connectivity index (χ0) is 14.5. The fourth-order valence-electron chi connectivity index (χ4n) is 2.69. The van der Waals surface area contributed by atoms with Crippen molar-refractivity contribution < 1.29 is 9.90 Å². The largest absolute Gasteiger partial charge is 0.384 e. The lowest BCUT2D eigenvalue weighted by Crippen LogP contribution is -2.36. The second-order valence-electron chi connectivity index (χ2n) is 5.48. The third-order valence-corrected chi connectivity index (χ3v) is 3.97. The zero-order valence-corrected chi connectivity index (χ0v) is 12.1. The molecule has 0 saturated heterocycles. The van der Waals surface area contributed by atoms with Crippen LogP contribution >= 0.6 is 0 Å². The third kappa shape index (κ3) is 3.40. The highest BCUT2D eigenvalue weighted by molar-refractivity contribution is 5.94. The smallest absolute Gasteiger partial charge is 0.251 e. The van der Waals surface area contributed by atoms with E-state index in [0.29, 0.717) is 17.5 Å². The molecule has 0 heterocycles. The number of carbonyl (C=O) groups excluding carboxylic acids is 1. The fraction of sp³-hybridized carbons (Fsp3) is 0.471. The predicted molar refractivity (Wildman–Crippen MR) is 79.4 cm³/mol. The van der Waals surface area contributed by atoms with Crippen LogP contribution in [0.2, 0.25) is 0 Å². The molecule has 0 aliphatic heterocycles. The molecule has 0 bridgehead atoms. The number of amides is 1. The van der Waals surface area contributed by atoms with Gasteiger partial charge in [0.05, 0.1) is 0 Å². The van der Waals surface area contributed by atoms with Crippen molar-refractivity contribution in [2.75, 3.05) is 6.61 Å². The molecule has 1 fully saturated rings. The van der Waals surface area contributed by atoms with Crippen molar-refractivity contribution in [1.82, 2.24) is 5.32 Å². The molecule has 1 aromatic carbocycles. The standard InChI is InChI=1S/C17H21NO2/c1-12-5-3-7-16(12)18-17(20)15-9-8-14(6-4-10-19)13(2)11-15/h8-9,11-12,16,19H,3,5,7,10H2,1-2H3,(H,18,20). The number of aryl methyl sites for hydroxylation is 1. The number of carbonyl (C=O) groups is 1. The topological polar surface area (TPSA) is 49.3 Å². The summed E-state index contributed by atoms with van der Waals surface area (Å²) in [5, 5.41) is 11.8. The first-order chi connectivity index (χ1) is 9.61. The van der Waals surface area contributed by atoms with Crippen LogP contribution in [0.1, 0.15) is 47.7 Å². The lowest BCUT2D eigenvalue weighted by molar-refractivity contribution is 0.0929. The van der Waals surface area contributed by atoms with E-state index in [0.717, 1.165) is 17.5 Å². The van der Waals surface area contributed by atoms with Gasteiger partial charge in [0.2, 0.25) is 0 Å². The second-order valence-corrected chi connectivity index (χ2v) is 5.48. The van der Waals surface area contributed by atoms with Gasteiger partial charge in [-0.3, -0.25) is 4.79 Å². The van der Waals surface area contributed by atoms with Crippen LogP contribution in [0.3, 0.4) is 0 Å². The minimum absolute atomic E-state index is 0.00600. The minimum atomic E-state index is -0.152. The van der Waals surface area contributed by atoms with Gasteiger partial charge in [0, 0.05) is 17.2 Å². The maximum Gasteiger partial charge on any atom is 0.251 e. The predicted octanol–water partition coefficient (Wildman–Crippen LogP) is 2.26. The summed E-state index contributed by atoms with van der Waals surface area (Å²) >= 11 is 0. The molecule has 0 aromatic heterocycles. The summed E-state index contributed by atoms with van der Waals surface area (Å²) < 4.78 is 0. The van der Waals surface area contributed by atoms with E-state index in [9.17, 15) is 4.79 Å². The summed E-state index contributed by atoms with van der Waals surface area (Å²) in [6.07, 6.45) is 3.46. The summed E-state index contributed by atoms with van der Waals surface area (Å²) in [4.78, 5) is 12.2. The Morgan fingerprint density at radius 3 is 2.85 bits per heavy atom. The van der Waals surface area contributed by atoms with Crippen molar-refractivity contribution in [3.05, 3.63) is 34.9 Å². The summed E-state index contributed by atoms with van der Waals surface area (Å²) in [5.41, 5.74) is 2.49. The summed E-state index contributed by atoms with van der Waals surface area (Å²) in [6, 6.07) is 5.79. The highest BCUT2D eigenvalue weighted by atomic mass is 16.2. The highest BCUT2D eigenvalue weighted by Gasteiger charge is 2.25. The molecule has 2 N–H and O–H groups in total. The van der Waals surface area contributed by atoms with Gasteiger partial charge in [0.1, 0.15) is 6.61 Å². The van der Waals surface area contributed by atoms with Crippen LogP contribution in [0.4, 0.5) is 0 Å². The van der Waals surface area contributed by atoms with Crippen LogP contribution in [-0.2, 0) is 0 Å². The van der Waals surface area contributed by atoms with Crippen molar-refractivity contribution >= 4 is 5.91 Å². The van der Waals surface area contributed by atoms with E-state index in [2.05, 4.69) is 24.1 Å². The fourth-order valence-corrected chi connectivity index (χ4v) is 2.69. The molecule has 3 heteroatoms. The van der Waals surface area contributed by atoms with Gasteiger partial charge in [-0.2, -0.15) is 0 Å². The number of hydrogen-bond donors (Lipinski definition) is 2. The van der Waals surface area contributed by atoms with Gasteiger partial charge in [-0.15, -0.1) is 0 Å². The van der Waals surface area contributed by atoms with Crippen molar-refractivity contribution in [2.24, 2.45) is 5.92 Å². The summed E-state index contributed by atoms with van der Waals surface area (Å²) in [5.74, 6) is 6.06. The maximum atomic E-state index is 12.2. The Hall–Kier alpha value is -1.79. The molecule has 2 atom stereocenters. The lowest BCUT2D eigenvalue weighted by atomic mass is 10.0. The van der Waals surface area contributed by atoms with Gasteiger partial charge in [-0.05, 0) is 49.4 Å². The molecule has 1 saturated carbocycles. The van der Waals surface area contributed by atoms with E-state index in [4.69, 9.17) is 5.11 Å². The molecular formula is C17H21NO2. The summed E-state index contributed by atoms with van der Waals surface area (Å²) in [7, 11) is 0. The second kappa shape index (κ2) is 6.58. The maximum absolute atomic E-state index is 12.2. The van der Waals surface area contributed by atoms with E-state index in [1.807, 2.05) is 19.1 Å². The molecule has 20 heavy (non-hydrogen) atoms. The van der Waals surface area contributed by atoms with Crippen molar-refractivity contribution in [3.63, 3.8) is 0 Å². The molecule has 1 aromatic rings. The van der Waals surface area contributed by atoms with Crippen LogP contribution in [0, 0.1) is 24.7 Å². The molecule has 106 valence electrons. The Morgan fingerprint density at radius 2 is 2.25 bits per heavy atom. The molecule has 1 aliphatic rings. The van der Waals surface area contributed by atoms with Crippen molar-refractivity contribution in [1.29, 1.82) is 0 Å². The van der Waals surface area contributed by atoms with Crippen LogP contribution in [0.5, 0.6) is 0 Å². The Labute approximate surface area is 120 Å². The van der Waals surface area contributed by atoms with E-state index < -0.39 is 0 Å². The number of aliphatic hydroxyl groups excluding tert-OH is 1. The average molecular weight is 271 g/mol. The number of aliphatic hydroxyl groups is 1. The van der Waals surface area contributed by atoms with Crippen molar-refractivity contribution in [2.45, 2.75) is 39.2 Å². The van der Waals surface area contributed by atoms with Crippen LogP contribution < -0.4 is 5.32 Å². The van der Waals surface area contributed by atoms with Crippen LogP contribution in [0.25, 0.3) is 0 Å². The molecule has 0 radical (unpaired) electrons. The Bertz CT molecular complexity index is 554. The first kappa shape index (κ1) is 14.6. The first-order valence-electron chi connectivity index (χ1n) is 7.13.